The molecule has 0 aliphatic rings. The highest BCUT2D eigenvalue weighted by atomic mass is 35.5. The molecule has 0 saturated heterocycles. The lowest BCUT2D eigenvalue weighted by Crippen LogP contribution is -2.16. The van der Waals surface area contributed by atoms with Gasteiger partial charge in [-0.15, -0.1) is 0 Å². The van der Waals surface area contributed by atoms with Crippen molar-refractivity contribution in [3.63, 3.8) is 0 Å². The quantitative estimate of drug-likeness (QED) is 0.334. The summed E-state index contributed by atoms with van der Waals surface area (Å²) in [6.45, 7) is 0. The van der Waals surface area contributed by atoms with Crippen LogP contribution in [0, 0.1) is 23.3 Å². The summed E-state index contributed by atoms with van der Waals surface area (Å²) in [7, 11) is 0. The van der Waals surface area contributed by atoms with Gasteiger partial charge in [0.2, 0.25) is 0 Å². The van der Waals surface area contributed by atoms with Crippen LogP contribution < -0.4 is 5.43 Å². The van der Waals surface area contributed by atoms with E-state index < -0.39 is 40.7 Å². The van der Waals surface area contributed by atoms with Gasteiger partial charge in [-0.25, -0.2) is 17.6 Å². The number of hydrogen-bond acceptors (Lipinski definition) is 2. The molecule has 0 radical (unpaired) electrons. The number of hydrogen-bond donors (Lipinski definition) is 1. The van der Waals surface area contributed by atoms with E-state index in [1.54, 1.807) is 17.6 Å². The van der Waals surface area contributed by atoms with E-state index in [1.165, 1.54) is 12.1 Å². The van der Waals surface area contributed by atoms with Gasteiger partial charge in [-0.2, -0.15) is 18.3 Å². The summed E-state index contributed by atoms with van der Waals surface area (Å²) < 4.78 is 91.3. The van der Waals surface area contributed by atoms with Crippen molar-refractivity contribution in [1.29, 1.82) is 0 Å². The number of hydrazone groups is 1. The molecule has 2 aromatic carbocycles. The van der Waals surface area contributed by atoms with E-state index in [-0.39, 0.29) is 5.02 Å². The van der Waals surface area contributed by atoms with E-state index >= 15 is 0 Å². The molecule has 0 aliphatic carbocycles. The SMILES string of the molecule is Fc1c(F)c(C(F)(F)F)c(F)c(F)c1N/N=C\c1ccccc1Cl. The number of alkyl halides is 3. The zero-order valence-electron chi connectivity index (χ0n) is 11.4. The molecule has 0 amide bonds. The zero-order valence-corrected chi connectivity index (χ0v) is 12.1. The molecule has 2 rings (SSSR count). The Morgan fingerprint density at radius 3 is 1.96 bits per heavy atom. The van der Waals surface area contributed by atoms with Crippen molar-refractivity contribution in [2.24, 2.45) is 5.10 Å². The largest absolute Gasteiger partial charge is 0.422 e. The smallest absolute Gasteiger partial charge is 0.272 e. The molecule has 0 bridgehead atoms. The highest BCUT2D eigenvalue weighted by molar-refractivity contribution is 6.33. The summed E-state index contributed by atoms with van der Waals surface area (Å²) in [6.07, 6.45) is -4.64. The van der Waals surface area contributed by atoms with E-state index in [2.05, 4.69) is 5.10 Å². The molecule has 0 heterocycles. The van der Waals surface area contributed by atoms with Gasteiger partial charge < -0.3 is 0 Å². The summed E-state index contributed by atoms with van der Waals surface area (Å²) in [5.74, 6) is -9.65. The van der Waals surface area contributed by atoms with Crippen LogP contribution in [-0.2, 0) is 6.18 Å². The number of nitrogens with one attached hydrogen (secondary N) is 1. The van der Waals surface area contributed by atoms with Crippen LogP contribution in [-0.4, -0.2) is 6.21 Å². The van der Waals surface area contributed by atoms with Crippen LogP contribution in [0.5, 0.6) is 0 Å². The van der Waals surface area contributed by atoms with Crippen LogP contribution >= 0.6 is 11.6 Å². The fourth-order valence-electron chi connectivity index (χ4n) is 1.72. The topological polar surface area (TPSA) is 24.4 Å². The number of halogens is 8. The Balaban J connectivity index is 2.41. The molecule has 128 valence electrons. The molecule has 0 fully saturated rings. The molecule has 0 saturated carbocycles. The molecule has 2 nitrogen and oxygen atoms in total. The average Bonchev–Trinajstić information content (AvgIpc) is 2.49. The van der Waals surface area contributed by atoms with Crippen molar-refractivity contribution in [3.8, 4) is 0 Å². The summed E-state index contributed by atoms with van der Waals surface area (Å²) in [5, 5.41) is 3.53. The second kappa shape index (κ2) is 6.68. The lowest BCUT2D eigenvalue weighted by molar-refractivity contribution is -0.143. The Morgan fingerprint density at radius 1 is 0.917 bits per heavy atom. The molecule has 0 aliphatic heterocycles. The minimum absolute atomic E-state index is 0.216. The summed E-state index contributed by atoms with van der Waals surface area (Å²) >= 11 is 5.78. The highest BCUT2D eigenvalue weighted by Crippen LogP contribution is 2.38. The summed E-state index contributed by atoms with van der Waals surface area (Å²) in [5.41, 5.74) is -2.23. The zero-order chi connectivity index (χ0) is 18.1. The fraction of sp³-hybridized carbons (Fsp3) is 0.0714. The number of rotatable bonds is 3. The second-order valence-electron chi connectivity index (χ2n) is 4.40. The van der Waals surface area contributed by atoms with E-state index in [4.69, 9.17) is 11.6 Å². The van der Waals surface area contributed by atoms with Crippen LogP contribution in [0.15, 0.2) is 29.4 Å². The van der Waals surface area contributed by atoms with Gasteiger partial charge in [-0.1, -0.05) is 29.8 Å². The van der Waals surface area contributed by atoms with Gasteiger partial charge in [-0.3, -0.25) is 5.43 Å². The number of anilines is 1. The maximum atomic E-state index is 13.6. The van der Waals surface area contributed by atoms with Crippen LogP contribution in [0.2, 0.25) is 5.02 Å². The van der Waals surface area contributed by atoms with Crippen LogP contribution in [0.4, 0.5) is 36.4 Å². The lowest BCUT2D eigenvalue weighted by atomic mass is 10.1. The molecule has 24 heavy (non-hydrogen) atoms. The molecule has 0 atom stereocenters. The molecule has 0 spiro atoms. The van der Waals surface area contributed by atoms with Gasteiger partial charge in [0, 0.05) is 10.6 Å². The summed E-state index contributed by atoms with van der Waals surface area (Å²) in [4.78, 5) is 0. The maximum absolute atomic E-state index is 13.6. The fourth-order valence-corrected chi connectivity index (χ4v) is 1.91. The van der Waals surface area contributed by atoms with Gasteiger partial charge in [0.25, 0.3) is 0 Å². The Labute approximate surface area is 135 Å². The van der Waals surface area contributed by atoms with Crippen molar-refractivity contribution >= 4 is 23.5 Å². The average molecular weight is 371 g/mol. The van der Waals surface area contributed by atoms with Crippen molar-refractivity contribution in [1.82, 2.24) is 0 Å². The Morgan fingerprint density at radius 2 is 1.46 bits per heavy atom. The predicted molar refractivity (Wildman–Crippen MR) is 73.9 cm³/mol. The van der Waals surface area contributed by atoms with Gasteiger partial charge >= 0.3 is 6.18 Å². The van der Waals surface area contributed by atoms with E-state index in [0.717, 1.165) is 6.21 Å². The third kappa shape index (κ3) is 3.45. The van der Waals surface area contributed by atoms with Gasteiger partial charge in [0.05, 0.1) is 6.21 Å². The van der Waals surface area contributed by atoms with Crippen molar-refractivity contribution in [3.05, 3.63) is 63.7 Å². The molecular weight excluding hydrogens is 365 g/mol. The molecule has 0 aromatic heterocycles. The predicted octanol–water partition coefficient (Wildman–Crippen LogP) is 5.36. The number of benzene rings is 2. The third-order valence-corrected chi connectivity index (χ3v) is 3.18. The van der Waals surface area contributed by atoms with Crippen LogP contribution in [0.25, 0.3) is 0 Å². The second-order valence-corrected chi connectivity index (χ2v) is 4.80. The Kier molecular flexibility index (Phi) is 5.02. The Hall–Kier alpha value is -2.29. The molecular formula is C14H6ClF7N2. The molecule has 0 unspecified atom stereocenters. The van der Waals surface area contributed by atoms with E-state index in [9.17, 15) is 30.7 Å². The minimum atomic E-state index is -5.60. The first kappa shape index (κ1) is 18.1. The first-order chi connectivity index (χ1) is 11.1. The Bertz CT molecular complexity index is 773. The highest BCUT2D eigenvalue weighted by Gasteiger charge is 2.42. The van der Waals surface area contributed by atoms with Crippen LogP contribution in [0.3, 0.4) is 0 Å². The standard InChI is InChI=1S/C14H6ClF7N2/c15-7-4-2-1-3-6(7)5-23-24-13-11(18)9(16)8(14(20,21)22)10(17)12(13)19/h1-5,24H/b23-5-. The minimum Gasteiger partial charge on any atom is -0.272 e. The molecule has 10 heteroatoms. The van der Waals surface area contributed by atoms with Crippen molar-refractivity contribution in [2.75, 3.05) is 5.43 Å². The van der Waals surface area contributed by atoms with Crippen LogP contribution in [0.1, 0.15) is 11.1 Å². The first-order valence-electron chi connectivity index (χ1n) is 6.11. The molecule has 1 N–H and O–H groups in total. The van der Waals surface area contributed by atoms with Crippen molar-refractivity contribution in [2.45, 2.75) is 6.18 Å². The number of nitrogens with zero attached hydrogens (tertiary/aromatic N) is 1. The monoisotopic (exact) mass is 370 g/mol. The van der Waals surface area contributed by atoms with Gasteiger partial charge in [0.1, 0.15) is 11.3 Å². The maximum Gasteiger partial charge on any atom is 0.422 e. The first-order valence-corrected chi connectivity index (χ1v) is 6.49. The molecule has 2 aromatic rings. The van der Waals surface area contributed by atoms with Gasteiger partial charge in [-0.05, 0) is 6.07 Å². The summed E-state index contributed by atoms with van der Waals surface area (Å²) in [6, 6.07) is 6.09. The van der Waals surface area contributed by atoms with Crippen molar-refractivity contribution < 1.29 is 30.7 Å². The van der Waals surface area contributed by atoms with E-state index in [0.29, 0.717) is 5.56 Å². The van der Waals surface area contributed by atoms with Gasteiger partial charge in [0.15, 0.2) is 23.3 Å². The lowest BCUT2D eigenvalue weighted by Gasteiger charge is -2.13. The normalized spacial score (nSPS) is 12.0. The third-order valence-electron chi connectivity index (χ3n) is 2.83. The van der Waals surface area contributed by atoms with E-state index in [1.807, 2.05) is 0 Å².